The van der Waals surface area contributed by atoms with E-state index in [9.17, 15) is 0 Å². The number of hydrogen-bond donors (Lipinski definition) is 1. The van der Waals surface area contributed by atoms with Crippen LogP contribution in [0.4, 0.5) is 0 Å². The number of para-hydroxylation sites is 1. The first-order valence-electron chi connectivity index (χ1n) is 8.75. The van der Waals surface area contributed by atoms with Gasteiger partial charge in [0.1, 0.15) is 11.5 Å². The predicted molar refractivity (Wildman–Crippen MR) is 104 cm³/mol. The third-order valence-electron chi connectivity index (χ3n) is 4.51. The number of nitrogens with two attached hydrogens (primary N) is 1. The van der Waals surface area contributed by atoms with Crippen LogP contribution >= 0.6 is 0 Å². The zero-order valence-electron chi connectivity index (χ0n) is 14.9. The summed E-state index contributed by atoms with van der Waals surface area (Å²) in [6.07, 6.45) is 0.909. The molecule has 0 aromatic heterocycles. The summed E-state index contributed by atoms with van der Waals surface area (Å²) in [5.74, 6) is 2.03. The van der Waals surface area contributed by atoms with Crippen molar-refractivity contribution in [2.45, 2.75) is 26.2 Å². The molecule has 2 N–H and O–H groups in total. The Morgan fingerprint density at radius 1 is 0.840 bits per heavy atom. The fraction of sp³-hybridized carbons (Fsp3) is 0.217. The molecule has 0 aliphatic carbocycles. The van der Waals surface area contributed by atoms with Gasteiger partial charge in [-0.05, 0) is 67.8 Å². The highest BCUT2D eigenvalue weighted by Crippen LogP contribution is 2.27. The fourth-order valence-electron chi connectivity index (χ4n) is 3.25. The van der Waals surface area contributed by atoms with Crippen molar-refractivity contribution in [1.82, 2.24) is 0 Å². The number of benzene rings is 3. The van der Waals surface area contributed by atoms with Crippen LogP contribution in [-0.2, 0) is 6.42 Å². The van der Waals surface area contributed by atoms with E-state index in [0.717, 1.165) is 17.9 Å². The minimum atomic E-state index is 0.313. The van der Waals surface area contributed by atoms with E-state index < -0.39 is 0 Å². The summed E-state index contributed by atoms with van der Waals surface area (Å²) < 4.78 is 5.95. The van der Waals surface area contributed by atoms with Gasteiger partial charge in [-0.2, -0.15) is 0 Å². The summed E-state index contributed by atoms with van der Waals surface area (Å²) in [6, 6.07) is 24.8. The Morgan fingerprint density at radius 3 is 2.32 bits per heavy atom. The van der Waals surface area contributed by atoms with Gasteiger partial charge in [-0.3, -0.25) is 0 Å². The van der Waals surface area contributed by atoms with Crippen molar-refractivity contribution in [3.63, 3.8) is 0 Å². The van der Waals surface area contributed by atoms with Crippen LogP contribution < -0.4 is 10.5 Å². The molecule has 0 fully saturated rings. The second kappa shape index (κ2) is 8.00. The van der Waals surface area contributed by atoms with Gasteiger partial charge in [0.15, 0.2) is 0 Å². The van der Waals surface area contributed by atoms with Crippen molar-refractivity contribution < 1.29 is 4.74 Å². The highest BCUT2D eigenvalue weighted by atomic mass is 16.5. The Kier molecular flexibility index (Phi) is 5.52. The molecule has 0 saturated carbocycles. The van der Waals surface area contributed by atoms with Crippen molar-refractivity contribution in [2.24, 2.45) is 5.73 Å². The number of rotatable bonds is 6. The summed E-state index contributed by atoms with van der Waals surface area (Å²) in [4.78, 5) is 0. The van der Waals surface area contributed by atoms with Crippen LogP contribution in [0.1, 0.15) is 28.2 Å². The number of ether oxygens (including phenoxy) is 1. The maximum absolute atomic E-state index is 6.09. The first-order valence-corrected chi connectivity index (χ1v) is 8.75. The molecule has 1 unspecified atom stereocenters. The number of hydrogen-bond acceptors (Lipinski definition) is 2. The van der Waals surface area contributed by atoms with Crippen LogP contribution in [0.25, 0.3) is 0 Å². The predicted octanol–water partition coefficient (Wildman–Crippen LogP) is 5.38. The molecule has 0 saturated heterocycles. The van der Waals surface area contributed by atoms with E-state index in [-0.39, 0.29) is 0 Å². The molecule has 1 atom stereocenters. The van der Waals surface area contributed by atoms with Gasteiger partial charge in [0, 0.05) is 5.92 Å². The van der Waals surface area contributed by atoms with E-state index in [0.29, 0.717) is 12.5 Å². The molecule has 25 heavy (non-hydrogen) atoms. The van der Waals surface area contributed by atoms with E-state index in [1.165, 1.54) is 22.3 Å². The Balaban J connectivity index is 1.78. The highest BCUT2D eigenvalue weighted by molar-refractivity contribution is 5.37. The van der Waals surface area contributed by atoms with E-state index in [4.69, 9.17) is 10.5 Å². The molecule has 0 amide bonds. The lowest BCUT2D eigenvalue weighted by molar-refractivity contribution is 0.481. The van der Waals surface area contributed by atoms with Crippen LogP contribution in [0.3, 0.4) is 0 Å². The van der Waals surface area contributed by atoms with Crippen LogP contribution in [0.2, 0.25) is 0 Å². The lowest BCUT2D eigenvalue weighted by Gasteiger charge is -2.19. The van der Waals surface area contributed by atoms with E-state index in [2.05, 4.69) is 44.2 Å². The maximum Gasteiger partial charge on any atom is 0.127 e. The minimum Gasteiger partial charge on any atom is -0.457 e. The van der Waals surface area contributed by atoms with Crippen molar-refractivity contribution >= 4 is 0 Å². The molecule has 0 spiro atoms. The van der Waals surface area contributed by atoms with Crippen molar-refractivity contribution in [2.75, 3.05) is 6.54 Å². The van der Waals surface area contributed by atoms with Gasteiger partial charge in [0.25, 0.3) is 0 Å². The first-order chi connectivity index (χ1) is 12.2. The average Bonchev–Trinajstić information content (AvgIpc) is 2.61. The molecule has 3 aromatic rings. The number of aryl methyl sites for hydroxylation is 2. The molecule has 0 bridgehead atoms. The lowest BCUT2D eigenvalue weighted by Crippen LogP contribution is -2.16. The lowest BCUT2D eigenvalue weighted by atomic mass is 9.88. The fourth-order valence-corrected chi connectivity index (χ4v) is 3.25. The van der Waals surface area contributed by atoms with Gasteiger partial charge in [-0.1, -0.05) is 54.1 Å². The van der Waals surface area contributed by atoms with Crippen LogP contribution in [-0.4, -0.2) is 6.54 Å². The van der Waals surface area contributed by atoms with E-state index in [1.54, 1.807) is 0 Å². The van der Waals surface area contributed by atoms with Gasteiger partial charge in [0.2, 0.25) is 0 Å². The van der Waals surface area contributed by atoms with Gasteiger partial charge >= 0.3 is 0 Å². The normalized spacial score (nSPS) is 12.0. The third-order valence-corrected chi connectivity index (χ3v) is 4.51. The van der Waals surface area contributed by atoms with Gasteiger partial charge < -0.3 is 10.5 Å². The van der Waals surface area contributed by atoms with E-state index >= 15 is 0 Å². The van der Waals surface area contributed by atoms with Gasteiger partial charge in [-0.25, -0.2) is 0 Å². The Bertz CT molecular complexity index is 827. The topological polar surface area (TPSA) is 35.2 Å². The highest BCUT2D eigenvalue weighted by Gasteiger charge is 2.13. The van der Waals surface area contributed by atoms with Crippen LogP contribution in [0.5, 0.6) is 11.5 Å². The first kappa shape index (κ1) is 17.2. The second-order valence-electron chi connectivity index (χ2n) is 6.56. The summed E-state index contributed by atoms with van der Waals surface area (Å²) in [5.41, 5.74) is 11.3. The third kappa shape index (κ3) is 4.49. The Hall–Kier alpha value is -2.58. The summed E-state index contributed by atoms with van der Waals surface area (Å²) >= 11 is 0. The monoisotopic (exact) mass is 331 g/mol. The molecule has 3 rings (SSSR count). The molecule has 128 valence electrons. The zero-order valence-corrected chi connectivity index (χ0v) is 14.9. The van der Waals surface area contributed by atoms with Crippen LogP contribution in [0, 0.1) is 13.8 Å². The minimum absolute atomic E-state index is 0.313. The summed E-state index contributed by atoms with van der Waals surface area (Å²) in [5, 5.41) is 0. The largest absolute Gasteiger partial charge is 0.457 e. The Labute approximate surface area is 150 Å². The van der Waals surface area contributed by atoms with E-state index in [1.807, 2.05) is 42.5 Å². The SMILES string of the molecule is Cc1ccc(C(CN)Cc2cccc(Oc3ccccc3)c2)c(C)c1. The van der Waals surface area contributed by atoms with Crippen LogP contribution in [0.15, 0.2) is 72.8 Å². The molecule has 0 aliphatic rings. The quantitative estimate of drug-likeness (QED) is 0.658. The van der Waals surface area contributed by atoms with Crippen molar-refractivity contribution in [3.05, 3.63) is 95.1 Å². The smallest absolute Gasteiger partial charge is 0.127 e. The maximum atomic E-state index is 6.09. The molecule has 0 radical (unpaired) electrons. The second-order valence-corrected chi connectivity index (χ2v) is 6.56. The summed E-state index contributed by atoms with van der Waals surface area (Å²) in [6.45, 7) is 4.92. The van der Waals surface area contributed by atoms with Gasteiger partial charge in [0.05, 0.1) is 0 Å². The molecule has 0 heterocycles. The molecular weight excluding hydrogens is 306 g/mol. The molecule has 0 aliphatic heterocycles. The van der Waals surface area contributed by atoms with Crippen molar-refractivity contribution in [3.8, 4) is 11.5 Å². The molecular formula is C23H25NO. The molecule has 2 heteroatoms. The average molecular weight is 331 g/mol. The molecule has 3 aromatic carbocycles. The summed E-state index contributed by atoms with van der Waals surface area (Å²) in [7, 11) is 0. The molecule has 2 nitrogen and oxygen atoms in total. The Morgan fingerprint density at radius 2 is 1.60 bits per heavy atom. The van der Waals surface area contributed by atoms with Crippen molar-refractivity contribution in [1.29, 1.82) is 0 Å². The standard InChI is InChI=1S/C23H25NO/c1-17-11-12-23(18(2)13-17)20(16-24)14-19-7-6-10-22(15-19)25-21-8-4-3-5-9-21/h3-13,15,20H,14,16,24H2,1-2H3. The zero-order chi connectivity index (χ0) is 17.6. The van der Waals surface area contributed by atoms with Gasteiger partial charge in [-0.15, -0.1) is 0 Å².